The number of carbonyl (C=O) groups is 1. The number of β-amino-alcohol motifs (C(OH)–C–C–N with tert-alkyl or cyclic N) is 1. The largest absolute Gasteiger partial charge is 0.416 e. The molecule has 1 aliphatic carbocycles. The Labute approximate surface area is 205 Å². The first-order valence-corrected chi connectivity index (χ1v) is 12.0. The number of hydrogen-bond donors (Lipinski definition) is 2. The number of piperidine rings is 1. The third-order valence-corrected chi connectivity index (χ3v) is 6.87. The number of fused-ring (bicyclic) bond motifs is 1. The number of primary amides is 1. The molecule has 3 heterocycles. The van der Waals surface area contributed by atoms with Gasteiger partial charge in [-0.3, -0.25) is 9.69 Å². The van der Waals surface area contributed by atoms with E-state index >= 15 is 0 Å². The molecule has 1 saturated heterocycles. The summed E-state index contributed by atoms with van der Waals surface area (Å²) in [6.07, 6.45) is 0.644. The summed E-state index contributed by atoms with van der Waals surface area (Å²) in [6, 6.07) is 5.54. The van der Waals surface area contributed by atoms with E-state index in [1.807, 2.05) is 14.4 Å². The number of aromatic nitrogens is 4. The van der Waals surface area contributed by atoms with Gasteiger partial charge in [-0.25, -0.2) is 15.0 Å². The maximum absolute atomic E-state index is 13.2. The number of carbonyl (C=O) groups excluding carboxylic acids is 1. The van der Waals surface area contributed by atoms with Crippen LogP contribution in [0.2, 0.25) is 0 Å². The van der Waals surface area contributed by atoms with Gasteiger partial charge in [0.1, 0.15) is 6.33 Å². The van der Waals surface area contributed by atoms with Crippen molar-refractivity contribution in [2.24, 2.45) is 11.7 Å². The second kappa shape index (κ2) is 9.66. The number of amides is 1. The maximum atomic E-state index is 13.2. The lowest BCUT2D eigenvalue weighted by atomic mass is 9.93. The van der Waals surface area contributed by atoms with Gasteiger partial charge in [-0.1, -0.05) is 12.1 Å². The van der Waals surface area contributed by atoms with E-state index in [1.54, 1.807) is 12.4 Å². The number of aliphatic hydroxyl groups excluding tert-OH is 1. The van der Waals surface area contributed by atoms with Crippen molar-refractivity contribution in [3.05, 3.63) is 48.0 Å². The zero-order chi connectivity index (χ0) is 25.4. The molecule has 1 saturated carbocycles. The van der Waals surface area contributed by atoms with Crippen LogP contribution in [0, 0.1) is 5.92 Å². The predicted octanol–water partition coefficient (Wildman–Crippen LogP) is 2.18. The van der Waals surface area contributed by atoms with Crippen LogP contribution in [0.3, 0.4) is 0 Å². The highest BCUT2D eigenvalue weighted by Crippen LogP contribution is 2.36. The summed E-state index contributed by atoms with van der Waals surface area (Å²) < 4.78 is 41.5. The third-order valence-electron chi connectivity index (χ3n) is 6.87. The van der Waals surface area contributed by atoms with Crippen molar-refractivity contribution in [2.45, 2.75) is 50.7 Å². The molecular weight excluding hydrogens is 475 g/mol. The number of anilines is 1. The van der Waals surface area contributed by atoms with Crippen molar-refractivity contribution >= 4 is 22.9 Å². The summed E-state index contributed by atoms with van der Waals surface area (Å²) in [5, 5.41) is 10.6. The molecule has 192 valence electrons. The molecule has 12 heteroatoms. The van der Waals surface area contributed by atoms with Gasteiger partial charge in [0.05, 0.1) is 24.5 Å². The van der Waals surface area contributed by atoms with E-state index in [-0.39, 0.29) is 25.0 Å². The zero-order valence-corrected chi connectivity index (χ0v) is 19.6. The average Bonchev–Trinajstić information content (AvgIpc) is 3.59. The summed E-state index contributed by atoms with van der Waals surface area (Å²) in [7, 11) is 0. The molecule has 3 aromatic rings. The van der Waals surface area contributed by atoms with Crippen LogP contribution in [-0.2, 0) is 24.1 Å². The standard InChI is InChI=1S/C24H28F3N7O2/c25-24(26,27)17-3-1-2-15(8-17)9-34(18-4-5-18)23-21-22(29-13-30-23)33(14-31-21)10-16-6-7-32(11-19(16)35)12-20(28)36/h1-3,8,13-14,16,18-19,35H,4-7,9-12H2,(H2,28,36)/t16-,19+/m1/s1. The minimum absolute atomic E-state index is 0.0467. The molecule has 1 amide bonds. The number of nitrogens with zero attached hydrogens (tertiary/aromatic N) is 6. The number of nitrogens with two attached hydrogens (primary N) is 1. The number of hydrogen-bond acceptors (Lipinski definition) is 7. The zero-order valence-electron chi connectivity index (χ0n) is 19.6. The molecule has 0 radical (unpaired) electrons. The normalized spacial score (nSPS) is 21.1. The maximum Gasteiger partial charge on any atom is 0.416 e. The first-order valence-electron chi connectivity index (χ1n) is 12.0. The van der Waals surface area contributed by atoms with Gasteiger partial charge >= 0.3 is 6.18 Å². The molecule has 2 aliphatic rings. The van der Waals surface area contributed by atoms with E-state index in [2.05, 4.69) is 15.0 Å². The second-order valence-electron chi connectivity index (χ2n) is 9.64. The molecule has 1 aliphatic heterocycles. The molecule has 0 bridgehead atoms. The highest BCUT2D eigenvalue weighted by atomic mass is 19.4. The molecule has 2 aromatic heterocycles. The van der Waals surface area contributed by atoms with E-state index in [9.17, 15) is 23.1 Å². The lowest BCUT2D eigenvalue weighted by Gasteiger charge is -2.35. The Bertz CT molecular complexity index is 1240. The Morgan fingerprint density at radius 1 is 1.19 bits per heavy atom. The second-order valence-corrected chi connectivity index (χ2v) is 9.64. The van der Waals surface area contributed by atoms with Crippen LogP contribution in [0.15, 0.2) is 36.9 Å². The minimum atomic E-state index is -4.40. The number of rotatable bonds is 8. The summed E-state index contributed by atoms with van der Waals surface area (Å²) in [5.41, 5.74) is 6.34. The van der Waals surface area contributed by atoms with Gasteiger partial charge in [0, 0.05) is 31.6 Å². The topological polar surface area (TPSA) is 113 Å². The minimum Gasteiger partial charge on any atom is -0.391 e. The SMILES string of the molecule is NC(=O)CN1CC[C@H](Cn2cnc3c(N(Cc4cccc(C(F)(F)F)c4)C4CC4)ncnc32)[C@@H](O)C1. The lowest BCUT2D eigenvalue weighted by Crippen LogP contribution is -2.47. The fourth-order valence-corrected chi connectivity index (χ4v) is 4.89. The number of imidazole rings is 1. The van der Waals surface area contributed by atoms with Crippen molar-refractivity contribution in [3.63, 3.8) is 0 Å². The number of alkyl halides is 3. The van der Waals surface area contributed by atoms with Gasteiger partial charge in [0.25, 0.3) is 0 Å². The molecule has 3 N–H and O–H groups in total. The van der Waals surface area contributed by atoms with E-state index in [4.69, 9.17) is 5.73 Å². The Morgan fingerprint density at radius 3 is 2.69 bits per heavy atom. The van der Waals surface area contributed by atoms with Crippen molar-refractivity contribution in [1.29, 1.82) is 0 Å². The highest BCUT2D eigenvalue weighted by Gasteiger charge is 2.34. The molecule has 0 spiro atoms. The van der Waals surface area contributed by atoms with Crippen molar-refractivity contribution < 1.29 is 23.1 Å². The smallest absolute Gasteiger partial charge is 0.391 e. The van der Waals surface area contributed by atoms with Gasteiger partial charge in [-0.15, -0.1) is 0 Å². The Hall–Kier alpha value is -3.25. The highest BCUT2D eigenvalue weighted by molar-refractivity contribution is 5.83. The Morgan fingerprint density at radius 2 is 2.00 bits per heavy atom. The van der Waals surface area contributed by atoms with E-state index < -0.39 is 23.8 Å². The van der Waals surface area contributed by atoms with Gasteiger partial charge in [-0.2, -0.15) is 13.2 Å². The Balaban J connectivity index is 1.37. The van der Waals surface area contributed by atoms with E-state index in [0.29, 0.717) is 48.6 Å². The summed E-state index contributed by atoms with van der Waals surface area (Å²) in [4.78, 5) is 28.5. The first kappa shape index (κ1) is 24.4. The molecule has 9 nitrogen and oxygen atoms in total. The molecule has 2 fully saturated rings. The number of likely N-dealkylation sites (tertiary alicyclic amines) is 1. The van der Waals surface area contributed by atoms with Crippen molar-refractivity contribution in [2.75, 3.05) is 24.5 Å². The number of benzene rings is 1. The quantitative estimate of drug-likeness (QED) is 0.485. The molecule has 36 heavy (non-hydrogen) atoms. The van der Waals surface area contributed by atoms with Gasteiger partial charge < -0.3 is 20.3 Å². The van der Waals surface area contributed by atoms with Crippen LogP contribution in [0.1, 0.15) is 30.4 Å². The van der Waals surface area contributed by atoms with Crippen molar-refractivity contribution in [1.82, 2.24) is 24.4 Å². The van der Waals surface area contributed by atoms with Gasteiger partial charge in [0.2, 0.25) is 5.91 Å². The van der Waals surface area contributed by atoms with Crippen LogP contribution in [0.25, 0.3) is 11.2 Å². The lowest BCUT2D eigenvalue weighted by molar-refractivity contribution is -0.137. The first-order chi connectivity index (χ1) is 17.2. The van der Waals surface area contributed by atoms with E-state index in [1.165, 1.54) is 18.5 Å². The van der Waals surface area contributed by atoms with Crippen molar-refractivity contribution in [3.8, 4) is 0 Å². The van der Waals surface area contributed by atoms with Crippen LogP contribution < -0.4 is 10.6 Å². The summed E-state index contributed by atoms with van der Waals surface area (Å²) >= 11 is 0. The number of halogens is 3. The molecule has 5 rings (SSSR count). The molecule has 2 atom stereocenters. The monoisotopic (exact) mass is 503 g/mol. The number of aliphatic hydroxyl groups is 1. The fourth-order valence-electron chi connectivity index (χ4n) is 4.89. The van der Waals surface area contributed by atoms with E-state index in [0.717, 1.165) is 18.9 Å². The molecule has 1 aromatic carbocycles. The van der Waals surface area contributed by atoms with Gasteiger partial charge in [-0.05, 0) is 43.5 Å². The predicted molar refractivity (Wildman–Crippen MR) is 126 cm³/mol. The summed E-state index contributed by atoms with van der Waals surface area (Å²) in [6.45, 7) is 1.92. The average molecular weight is 504 g/mol. The third kappa shape index (κ3) is 5.29. The summed E-state index contributed by atoms with van der Waals surface area (Å²) in [5.74, 6) is 0.126. The van der Waals surface area contributed by atoms with Crippen LogP contribution >= 0.6 is 0 Å². The van der Waals surface area contributed by atoms with Crippen LogP contribution in [0.5, 0.6) is 0 Å². The molecule has 0 unspecified atom stereocenters. The van der Waals surface area contributed by atoms with Crippen LogP contribution in [0.4, 0.5) is 19.0 Å². The Kier molecular flexibility index (Phi) is 6.56. The molecular formula is C24H28F3N7O2. The van der Waals surface area contributed by atoms with Gasteiger partial charge in [0.15, 0.2) is 17.0 Å². The van der Waals surface area contributed by atoms with Crippen LogP contribution in [-0.4, -0.2) is 67.2 Å². The fraction of sp³-hybridized carbons (Fsp3) is 0.500.